The lowest BCUT2D eigenvalue weighted by Gasteiger charge is -2.21. The van der Waals surface area contributed by atoms with Gasteiger partial charge in [0.15, 0.2) is 0 Å². The van der Waals surface area contributed by atoms with E-state index in [2.05, 4.69) is 5.32 Å². The summed E-state index contributed by atoms with van der Waals surface area (Å²) in [4.78, 5) is 0. The van der Waals surface area contributed by atoms with E-state index in [4.69, 9.17) is 5.41 Å². The molecule has 1 fully saturated rings. The van der Waals surface area contributed by atoms with Crippen LogP contribution >= 0.6 is 0 Å². The molecule has 0 aromatic carbocycles. The van der Waals surface area contributed by atoms with Crippen LogP contribution in [0.5, 0.6) is 0 Å². The lowest BCUT2D eigenvalue weighted by Crippen LogP contribution is -2.27. The van der Waals surface area contributed by atoms with Crippen LogP contribution in [0.15, 0.2) is 0 Å². The van der Waals surface area contributed by atoms with E-state index in [0.29, 0.717) is 0 Å². The summed E-state index contributed by atoms with van der Waals surface area (Å²) in [5.74, 6) is 0.941. The predicted octanol–water partition coefficient (Wildman–Crippen LogP) is 1.81. The van der Waals surface area contributed by atoms with Gasteiger partial charge in [0.05, 0.1) is 0 Å². The van der Waals surface area contributed by atoms with E-state index in [0.717, 1.165) is 12.3 Å². The Hall–Kier alpha value is -0.370. The standard InChI is InChI=1S/C9H18N2/c10-6-2-1-3-9-4-7-11-8-5-9/h6,9-11H,1-5,7-8H2. The zero-order chi connectivity index (χ0) is 7.94. The van der Waals surface area contributed by atoms with Gasteiger partial charge in [-0.3, -0.25) is 0 Å². The van der Waals surface area contributed by atoms with Crippen molar-refractivity contribution < 1.29 is 0 Å². The molecule has 2 heteroatoms. The highest BCUT2D eigenvalue weighted by Crippen LogP contribution is 2.17. The zero-order valence-corrected chi connectivity index (χ0v) is 7.10. The molecule has 1 saturated heterocycles. The molecule has 0 saturated carbocycles. The van der Waals surface area contributed by atoms with Crippen LogP contribution in [0, 0.1) is 11.3 Å². The van der Waals surface area contributed by atoms with Gasteiger partial charge in [0, 0.05) is 0 Å². The molecule has 0 radical (unpaired) electrons. The van der Waals surface area contributed by atoms with E-state index in [9.17, 15) is 0 Å². The Balaban J connectivity index is 2.00. The van der Waals surface area contributed by atoms with Gasteiger partial charge in [-0.1, -0.05) is 6.42 Å². The van der Waals surface area contributed by atoms with Crippen LogP contribution < -0.4 is 5.32 Å². The number of hydrogen-bond donors (Lipinski definition) is 2. The second-order valence-electron chi connectivity index (χ2n) is 3.33. The third-order valence-electron chi connectivity index (χ3n) is 2.42. The Morgan fingerprint density at radius 1 is 1.36 bits per heavy atom. The Morgan fingerprint density at radius 3 is 2.73 bits per heavy atom. The summed E-state index contributed by atoms with van der Waals surface area (Å²) in [7, 11) is 0. The number of rotatable bonds is 4. The van der Waals surface area contributed by atoms with Gasteiger partial charge in [-0.15, -0.1) is 0 Å². The molecule has 0 aliphatic carbocycles. The third-order valence-corrected chi connectivity index (χ3v) is 2.42. The quantitative estimate of drug-likeness (QED) is 0.470. The Labute approximate surface area is 68.9 Å². The van der Waals surface area contributed by atoms with Gasteiger partial charge in [0.1, 0.15) is 0 Å². The molecule has 1 aliphatic heterocycles. The number of hydrogen-bond acceptors (Lipinski definition) is 2. The molecule has 0 spiro atoms. The van der Waals surface area contributed by atoms with Gasteiger partial charge in [-0.2, -0.15) is 0 Å². The minimum Gasteiger partial charge on any atom is -0.317 e. The Bertz CT molecular complexity index is 106. The predicted molar refractivity (Wildman–Crippen MR) is 48.2 cm³/mol. The maximum absolute atomic E-state index is 6.88. The average Bonchev–Trinajstić information content (AvgIpc) is 2.07. The van der Waals surface area contributed by atoms with Crippen LogP contribution in [0.3, 0.4) is 0 Å². The molecule has 1 aliphatic rings. The van der Waals surface area contributed by atoms with E-state index < -0.39 is 0 Å². The van der Waals surface area contributed by atoms with Crippen LogP contribution in [-0.2, 0) is 0 Å². The van der Waals surface area contributed by atoms with Gasteiger partial charge < -0.3 is 10.7 Å². The van der Waals surface area contributed by atoms with E-state index in [1.165, 1.54) is 45.0 Å². The van der Waals surface area contributed by atoms with Crippen molar-refractivity contribution in [3.05, 3.63) is 0 Å². The Kier molecular flexibility index (Phi) is 4.21. The normalized spacial score (nSPS) is 20.0. The first-order valence-electron chi connectivity index (χ1n) is 4.63. The zero-order valence-electron chi connectivity index (χ0n) is 7.10. The number of nitrogens with one attached hydrogen (secondary N) is 2. The maximum Gasteiger partial charge on any atom is -0.00463 e. The van der Waals surface area contributed by atoms with E-state index >= 15 is 0 Å². The van der Waals surface area contributed by atoms with Crippen LogP contribution in [-0.4, -0.2) is 19.3 Å². The van der Waals surface area contributed by atoms with Gasteiger partial charge in [-0.05, 0) is 50.9 Å². The molecule has 11 heavy (non-hydrogen) atoms. The van der Waals surface area contributed by atoms with Crippen LogP contribution in [0.1, 0.15) is 32.1 Å². The first kappa shape index (κ1) is 8.72. The molecule has 2 N–H and O–H groups in total. The number of unbranched alkanes of at least 4 members (excludes halogenated alkanes) is 1. The van der Waals surface area contributed by atoms with Gasteiger partial charge in [0.25, 0.3) is 0 Å². The van der Waals surface area contributed by atoms with E-state index in [-0.39, 0.29) is 0 Å². The highest BCUT2D eigenvalue weighted by Gasteiger charge is 2.11. The van der Waals surface area contributed by atoms with Crippen molar-refractivity contribution >= 4 is 6.21 Å². The minimum absolute atomic E-state index is 0.941. The topological polar surface area (TPSA) is 35.9 Å². The number of piperidine rings is 1. The molecular formula is C9H18N2. The van der Waals surface area contributed by atoms with Crippen molar-refractivity contribution in [3.63, 3.8) is 0 Å². The molecule has 0 bridgehead atoms. The largest absolute Gasteiger partial charge is 0.317 e. The molecule has 0 atom stereocenters. The van der Waals surface area contributed by atoms with Crippen molar-refractivity contribution in [1.82, 2.24) is 5.32 Å². The molecule has 2 nitrogen and oxygen atoms in total. The fourth-order valence-corrected chi connectivity index (χ4v) is 1.68. The highest BCUT2D eigenvalue weighted by molar-refractivity contribution is 5.52. The SMILES string of the molecule is N=CCCCC1CCNCC1. The minimum atomic E-state index is 0.941. The van der Waals surface area contributed by atoms with E-state index in [1.807, 2.05) is 0 Å². The van der Waals surface area contributed by atoms with Crippen LogP contribution in [0.2, 0.25) is 0 Å². The molecule has 0 aromatic heterocycles. The summed E-state index contributed by atoms with van der Waals surface area (Å²) < 4.78 is 0. The first-order chi connectivity index (χ1) is 5.43. The lowest BCUT2D eigenvalue weighted by atomic mass is 9.93. The molecular weight excluding hydrogens is 136 g/mol. The fourth-order valence-electron chi connectivity index (χ4n) is 1.68. The van der Waals surface area contributed by atoms with Crippen molar-refractivity contribution in [3.8, 4) is 0 Å². The Morgan fingerprint density at radius 2 is 2.09 bits per heavy atom. The second-order valence-corrected chi connectivity index (χ2v) is 3.33. The van der Waals surface area contributed by atoms with Gasteiger partial charge in [-0.25, -0.2) is 0 Å². The molecule has 0 amide bonds. The first-order valence-corrected chi connectivity index (χ1v) is 4.63. The van der Waals surface area contributed by atoms with Crippen LogP contribution in [0.4, 0.5) is 0 Å². The van der Waals surface area contributed by atoms with E-state index in [1.54, 1.807) is 0 Å². The summed E-state index contributed by atoms with van der Waals surface area (Å²) >= 11 is 0. The summed E-state index contributed by atoms with van der Waals surface area (Å²) in [5.41, 5.74) is 0. The molecule has 0 aromatic rings. The molecule has 1 rings (SSSR count). The summed E-state index contributed by atoms with van der Waals surface area (Å²) in [6, 6.07) is 0. The monoisotopic (exact) mass is 154 g/mol. The van der Waals surface area contributed by atoms with Crippen molar-refractivity contribution in [1.29, 1.82) is 5.41 Å². The van der Waals surface area contributed by atoms with Crippen LogP contribution in [0.25, 0.3) is 0 Å². The van der Waals surface area contributed by atoms with Crippen molar-refractivity contribution in [2.75, 3.05) is 13.1 Å². The van der Waals surface area contributed by atoms with Gasteiger partial charge in [0.2, 0.25) is 0 Å². The lowest BCUT2D eigenvalue weighted by molar-refractivity contribution is 0.349. The molecule has 64 valence electrons. The third kappa shape index (κ3) is 3.51. The molecule has 0 unspecified atom stereocenters. The summed E-state index contributed by atoms with van der Waals surface area (Å²) in [6.07, 6.45) is 7.74. The maximum atomic E-state index is 6.88. The van der Waals surface area contributed by atoms with Gasteiger partial charge >= 0.3 is 0 Å². The highest BCUT2D eigenvalue weighted by atomic mass is 14.9. The van der Waals surface area contributed by atoms with Crippen molar-refractivity contribution in [2.45, 2.75) is 32.1 Å². The average molecular weight is 154 g/mol. The summed E-state index contributed by atoms with van der Waals surface area (Å²) in [6.45, 7) is 2.41. The fraction of sp³-hybridized carbons (Fsp3) is 0.889. The summed E-state index contributed by atoms with van der Waals surface area (Å²) in [5, 5.41) is 10.2. The smallest absolute Gasteiger partial charge is 0.00463 e. The molecule has 1 heterocycles. The van der Waals surface area contributed by atoms with Crippen molar-refractivity contribution in [2.24, 2.45) is 5.92 Å². The second kappa shape index (κ2) is 5.30.